The Hall–Kier alpha value is -3.11. The molecule has 0 unspecified atom stereocenters. The summed E-state index contributed by atoms with van der Waals surface area (Å²) < 4.78 is 0. The highest BCUT2D eigenvalue weighted by Crippen LogP contribution is 2.06. The molecule has 1 nitrogen and oxygen atoms in total. The van der Waals surface area contributed by atoms with Gasteiger partial charge in [0.2, 0.25) is 0 Å². The highest BCUT2D eigenvalue weighted by molar-refractivity contribution is 6.03. The van der Waals surface area contributed by atoms with Crippen molar-refractivity contribution in [3.8, 4) is 12.3 Å². The number of carbonyl (C=O) groups is 1. The Bertz CT molecular complexity index is 741. The fourth-order valence-corrected chi connectivity index (χ4v) is 1.83. The maximum atomic E-state index is 11.9. The van der Waals surface area contributed by atoms with Crippen LogP contribution in [0.1, 0.15) is 11.1 Å². The first-order valence-electron chi connectivity index (χ1n) is 6.96. The molecule has 0 aliphatic heterocycles. The minimum Gasteiger partial charge on any atom is -0.290 e. The van der Waals surface area contributed by atoms with Crippen molar-refractivity contribution in [3.63, 3.8) is 0 Å². The van der Waals surface area contributed by atoms with Crippen LogP contribution in [-0.2, 0) is 4.79 Å². The van der Waals surface area contributed by atoms with Gasteiger partial charge in [-0.2, -0.15) is 0 Å². The molecule has 22 heavy (non-hydrogen) atoms. The molecule has 106 valence electrons. The van der Waals surface area contributed by atoms with Crippen molar-refractivity contribution in [2.75, 3.05) is 0 Å². The Morgan fingerprint density at radius 1 is 0.818 bits per heavy atom. The summed E-state index contributed by atoms with van der Waals surface area (Å²) >= 11 is 0. The number of rotatable bonds is 5. The molecule has 2 rings (SSSR count). The summed E-state index contributed by atoms with van der Waals surface area (Å²) in [6.45, 7) is 0. The van der Waals surface area contributed by atoms with E-state index in [1.54, 1.807) is 12.2 Å². The molecule has 0 bridgehead atoms. The third kappa shape index (κ3) is 5.11. The van der Waals surface area contributed by atoms with Gasteiger partial charge in [0, 0.05) is 11.6 Å². The molecule has 2 aromatic rings. The van der Waals surface area contributed by atoms with Gasteiger partial charge in [-0.1, -0.05) is 78.7 Å². The van der Waals surface area contributed by atoms with Gasteiger partial charge in [0.1, 0.15) is 0 Å². The van der Waals surface area contributed by atoms with Gasteiger partial charge >= 0.3 is 0 Å². The van der Waals surface area contributed by atoms with E-state index >= 15 is 0 Å². The number of hydrogen-bond donors (Lipinski definition) is 0. The van der Waals surface area contributed by atoms with E-state index in [1.165, 1.54) is 12.2 Å². The standard InChI is InChI=1S/C21H16O/c1-2-18(13-14-19-9-5-3-6-10-19)17-21(22)16-15-20-11-7-4-8-12-20/h1,3-17H/b14-13+,16-15+,18-17+. The minimum atomic E-state index is -0.130. The number of hydrogen-bond acceptors (Lipinski definition) is 1. The van der Waals surface area contributed by atoms with Gasteiger partial charge in [-0.3, -0.25) is 4.79 Å². The van der Waals surface area contributed by atoms with Crippen LogP contribution >= 0.6 is 0 Å². The lowest BCUT2D eigenvalue weighted by atomic mass is 10.1. The van der Waals surface area contributed by atoms with Crippen LogP contribution in [0.15, 0.2) is 84.5 Å². The lowest BCUT2D eigenvalue weighted by Crippen LogP contribution is -1.88. The minimum absolute atomic E-state index is 0.130. The van der Waals surface area contributed by atoms with Crippen LogP contribution < -0.4 is 0 Å². The normalized spacial score (nSPS) is 11.7. The predicted molar refractivity (Wildman–Crippen MR) is 92.9 cm³/mol. The van der Waals surface area contributed by atoms with E-state index < -0.39 is 0 Å². The summed E-state index contributed by atoms with van der Waals surface area (Å²) in [6, 6.07) is 19.5. The highest BCUT2D eigenvalue weighted by Gasteiger charge is 1.94. The van der Waals surface area contributed by atoms with Crippen molar-refractivity contribution in [1.82, 2.24) is 0 Å². The maximum Gasteiger partial charge on any atom is 0.179 e. The van der Waals surface area contributed by atoms with E-state index in [1.807, 2.05) is 66.7 Å². The maximum absolute atomic E-state index is 11.9. The number of ketones is 1. The van der Waals surface area contributed by atoms with Gasteiger partial charge in [0.25, 0.3) is 0 Å². The van der Waals surface area contributed by atoms with E-state index in [0.717, 1.165) is 11.1 Å². The fourth-order valence-electron chi connectivity index (χ4n) is 1.83. The highest BCUT2D eigenvalue weighted by atomic mass is 16.1. The van der Waals surface area contributed by atoms with Crippen molar-refractivity contribution in [2.45, 2.75) is 0 Å². The average molecular weight is 284 g/mol. The van der Waals surface area contributed by atoms with Crippen LogP contribution in [0.3, 0.4) is 0 Å². The second-order valence-corrected chi connectivity index (χ2v) is 4.63. The summed E-state index contributed by atoms with van der Waals surface area (Å²) in [7, 11) is 0. The molecule has 0 aliphatic carbocycles. The smallest absolute Gasteiger partial charge is 0.179 e. The van der Waals surface area contributed by atoms with Gasteiger partial charge in [0.15, 0.2) is 5.78 Å². The Labute approximate surface area is 131 Å². The number of terminal acetylenes is 1. The van der Waals surface area contributed by atoms with Gasteiger partial charge < -0.3 is 0 Å². The second kappa shape index (κ2) is 8.24. The Morgan fingerprint density at radius 2 is 1.32 bits per heavy atom. The van der Waals surface area contributed by atoms with Crippen LogP contribution in [0.2, 0.25) is 0 Å². The molecule has 0 aliphatic rings. The zero-order valence-corrected chi connectivity index (χ0v) is 12.1. The van der Waals surface area contributed by atoms with Crippen LogP contribution in [-0.4, -0.2) is 5.78 Å². The van der Waals surface area contributed by atoms with Crippen LogP contribution in [0.5, 0.6) is 0 Å². The molecule has 0 aromatic heterocycles. The molecule has 2 aromatic carbocycles. The largest absolute Gasteiger partial charge is 0.290 e. The monoisotopic (exact) mass is 284 g/mol. The summed E-state index contributed by atoms with van der Waals surface area (Å²) in [6.07, 6.45) is 13.8. The zero-order chi connectivity index (χ0) is 15.6. The summed E-state index contributed by atoms with van der Waals surface area (Å²) in [5, 5.41) is 0. The third-order valence-electron chi connectivity index (χ3n) is 2.96. The summed E-state index contributed by atoms with van der Waals surface area (Å²) in [5.41, 5.74) is 2.56. The number of carbonyl (C=O) groups excluding carboxylic acids is 1. The van der Waals surface area contributed by atoms with E-state index in [-0.39, 0.29) is 5.78 Å². The van der Waals surface area contributed by atoms with Crippen molar-refractivity contribution in [3.05, 3.63) is 95.6 Å². The molecule has 0 N–H and O–H groups in total. The molecule has 0 saturated carbocycles. The first-order chi connectivity index (χ1) is 10.8. The van der Waals surface area contributed by atoms with Crippen LogP contribution in [0.25, 0.3) is 12.2 Å². The van der Waals surface area contributed by atoms with Crippen molar-refractivity contribution in [2.24, 2.45) is 0 Å². The molecular formula is C21H16O. The van der Waals surface area contributed by atoms with Crippen molar-refractivity contribution in [1.29, 1.82) is 0 Å². The Balaban J connectivity index is 2.06. The van der Waals surface area contributed by atoms with Crippen molar-refractivity contribution >= 4 is 17.9 Å². The number of allylic oxidation sites excluding steroid dienone is 4. The van der Waals surface area contributed by atoms with Gasteiger partial charge in [-0.25, -0.2) is 0 Å². The lowest BCUT2D eigenvalue weighted by molar-refractivity contribution is -0.110. The second-order valence-electron chi connectivity index (χ2n) is 4.63. The molecule has 0 fully saturated rings. The Morgan fingerprint density at radius 3 is 1.82 bits per heavy atom. The van der Waals surface area contributed by atoms with Gasteiger partial charge in [-0.15, -0.1) is 6.42 Å². The van der Waals surface area contributed by atoms with Crippen LogP contribution in [0.4, 0.5) is 0 Å². The van der Waals surface area contributed by atoms with Crippen LogP contribution in [0, 0.1) is 12.3 Å². The quantitative estimate of drug-likeness (QED) is 0.447. The molecule has 0 spiro atoms. The van der Waals surface area contributed by atoms with E-state index in [2.05, 4.69) is 5.92 Å². The molecule has 0 saturated heterocycles. The summed E-state index contributed by atoms with van der Waals surface area (Å²) in [5.74, 6) is 2.39. The molecule has 0 heterocycles. The average Bonchev–Trinajstić information content (AvgIpc) is 2.58. The third-order valence-corrected chi connectivity index (χ3v) is 2.96. The molecule has 0 amide bonds. The fraction of sp³-hybridized carbons (Fsp3) is 0. The predicted octanol–water partition coefficient (Wildman–Crippen LogP) is 4.54. The summed E-state index contributed by atoms with van der Waals surface area (Å²) in [4.78, 5) is 11.9. The van der Waals surface area contributed by atoms with E-state index in [9.17, 15) is 4.79 Å². The molecule has 0 radical (unpaired) electrons. The lowest BCUT2D eigenvalue weighted by Gasteiger charge is -1.93. The Kier molecular flexibility index (Phi) is 5.72. The molecule has 1 heteroatoms. The van der Waals surface area contributed by atoms with E-state index in [4.69, 9.17) is 6.42 Å². The SMILES string of the molecule is C#CC(=C\C(=O)/C=C/c1ccccc1)/C=C/c1ccccc1. The first-order valence-corrected chi connectivity index (χ1v) is 6.96. The number of benzene rings is 2. The zero-order valence-electron chi connectivity index (χ0n) is 12.1. The van der Waals surface area contributed by atoms with Gasteiger partial charge in [0.05, 0.1) is 0 Å². The van der Waals surface area contributed by atoms with E-state index in [0.29, 0.717) is 5.57 Å². The first kappa shape index (κ1) is 15.3. The topological polar surface area (TPSA) is 17.1 Å². The molecular weight excluding hydrogens is 268 g/mol. The molecule has 0 atom stereocenters. The van der Waals surface area contributed by atoms with Crippen molar-refractivity contribution < 1.29 is 4.79 Å². The van der Waals surface area contributed by atoms with Gasteiger partial charge in [-0.05, 0) is 23.3 Å².